The maximum Gasteiger partial charge on any atom is 0.407 e. The number of ether oxygens (including phenoxy) is 2. The number of rotatable bonds is 4. The maximum atomic E-state index is 11.7. The number of nitrogens with zero attached hydrogens (tertiary/aromatic N) is 1. The van der Waals surface area contributed by atoms with E-state index < -0.39 is 11.7 Å². The van der Waals surface area contributed by atoms with Crippen molar-refractivity contribution in [2.24, 2.45) is 16.3 Å². The van der Waals surface area contributed by atoms with E-state index in [0.717, 1.165) is 19.0 Å². The topological polar surface area (TPSA) is 84.0 Å². The first-order valence-corrected chi connectivity index (χ1v) is 9.91. The summed E-state index contributed by atoms with van der Waals surface area (Å²) in [6.07, 6.45) is 6.30. The number of guanidine groups is 1. The Balaban J connectivity index is 0.00000261. The summed E-state index contributed by atoms with van der Waals surface area (Å²) < 4.78 is 11.3. The molecular weight excluding hydrogens is 459 g/mol. The van der Waals surface area contributed by atoms with Crippen molar-refractivity contribution in [3.05, 3.63) is 0 Å². The van der Waals surface area contributed by atoms with Crippen LogP contribution in [0.2, 0.25) is 0 Å². The Labute approximate surface area is 179 Å². The summed E-state index contributed by atoms with van der Waals surface area (Å²) in [6, 6.07) is 0.447. The number of nitrogens with one attached hydrogen (secondary N) is 3. The molecule has 0 aromatic carbocycles. The molecule has 3 unspecified atom stereocenters. The second-order valence-corrected chi connectivity index (χ2v) is 8.73. The van der Waals surface area contributed by atoms with Gasteiger partial charge in [-0.2, -0.15) is 0 Å². The number of amides is 1. The summed E-state index contributed by atoms with van der Waals surface area (Å²) >= 11 is 0. The number of carbonyl (C=O) groups excluding carboxylic acids is 1. The van der Waals surface area contributed by atoms with Crippen LogP contribution in [0.15, 0.2) is 4.99 Å². The van der Waals surface area contributed by atoms with Crippen LogP contribution in [0.3, 0.4) is 0 Å². The minimum atomic E-state index is -0.477. The van der Waals surface area contributed by atoms with Gasteiger partial charge in [0.05, 0.1) is 6.10 Å². The third kappa shape index (κ3) is 4.99. The molecule has 3 atom stereocenters. The van der Waals surface area contributed by atoms with Gasteiger partial charge in [0.25, 0.3) is 0 Å². The van der Waals surface area contributed by atoms with Crippen molar-refractivity contribution in [3.8, 4) is 0 Å². The number of hydrogen-bond donors (Lipinski definition) is 3. The zero-order valence-corrected chi connectivity index (χ0v) is 19.3. The molecule has 7 nitrogen and oxygen atoms in total. The first kappa shape index (κ1) is 22.5. The Hall–Kier alpha value is -0.770. The van der Waals surface area contributed by atoms with Gasteiger partial charge in [-0.3, -0.25) is 4.99 Å². The molecule has 0 bridgehead atoms. The Morgan fingerprint density at radius 1 is 1.22 bits per heavy atom. The quantitative estimate of drug-likeness (QED) is 0.242. The maximum absolute atomic E-state index is 11.7. The lowest BCUT2D eigenvalue weighted by atomic mass is 9.54. The Morgan fingerprint density at radius 2 is 1.89 bits per heavy atom. The second-order valence-electron chi connectivity index (χ2n) is 8.73. The summed E-state index contributed by atoms with van der Waals surface area (Å²) in [5, 5.41) is 9.71. The van der Waals surface area contributed by atoms with E-state index in [1.807, 2.05) is 20.8 Å². The van der Waals surface area contributed by atoms with Crippen LogP contribution in [0.5, 0.6) is 0 Å². The van der Waals surface area contributed by atoms with Crippen LogP contribution >= 0.6 is 24.0 Å². The van der Waals surface area contributed by atoms with E-state index in [-0.39, 0.29) is 24.0 Å². The number of alkyl carbamates (subject to hydrolysis) is 1. The molecule has 0 radical (unpaired) electrons. The fourth-order valence-corrected chi connectivity index (χ4v) is 4.91. The summed E-state index contributed by atoms with van der Waals surface area (Å²) in [5.74, 6) is 1.41. The van der Waals surface area contributed by atoms with Crippen molar-refractivity contribution in [1.29, 1.82) is 0 Å². The van der Waals surface area contributed by atoms with Crippen LogP contribution < -0.4 is 16.0 Å². The highest BCUT2D eigenvalue weighted by Crippen LogP contribution is 2.60. The largest absolute Gasteiger partial charge is 0.444 e. The van der Waals surface area contributed by atoms with Crippen LogP contribution in [-0.4, -0.2) is 56.5 Å². The fourth-order valence-electron chi connectivity index (χ4n) is 4.91. The lowest BCUT2D eigenvalue weighted by Gasteiger charge is -2.57. The van der Waals surface area contributed by atoms with Crippen LogP contribution in [0.1, 0.15) is 52.9 Å². The summed E-state index contributed by atoms with van der Waals surface area (Å²) in [4.78, 5) is 16.0. The number of hydrogen-bond acceptors (Lipinski definition) is 4. The van der Waals surface area contributed by atoms with E-state index >= 15 is 0 Å². The van der Waals surface area contributed by atoms with Crippen molar-refractivity contribution in [1.82, 2.24) is 16.0 Å². The first-order chi connectivity index (χ1) is 12.4. The normalized spacial score (nSPS) is 28.7. The zero-order valence-electron chi connectivity index (χ0n) is 17.0. The number of aliphatic imine (C=N–C) groups is 1. The van der Waals surface area contributed by atoms with Gasteiger partial charge < -0.3 is 25.4 Å². The third-order valence-electron chi connectivity index (χ3n) is 5.89. The monoisotopic (exact) mass is 494 g/mol. The average molecular weight is 494 g/mol. The summed E-state index contributed by atoms with van der Waals surface area (Å²) in [5.41, 5.74) is -0.178. The van der Waals surface area contributed by atoms with E-state index in [2.05, 4.69) is 20.9 Å². The van der Waals surface area contributed by atoms with Crippen molar-refractivity contribution >= 4 is 36.0 Å². The summed E-state index contributed by atoms with van der Waals surface area (Å²) in [6.45, 7) is 7.54. The minimum Gasteiger partial charge on any atom is -0.444 e. The lowest BCUT2D eigenvalue weighted by molar-refractivity contribution is -0.125. The molecule has 0 aromatic rings. The van der Waals surface area contributed by atoms with Crippen molar-refractivity contribution in [3.63, 3.8) is 0 Å². The molecule has 1 amide bonds. The zero-order chi connectivity index (χ0) is 18.8. The van der Waals surface area contributed by atoms with E-state index in [9.17, 15) is 4.79 Å². The Bertz CT molecular complexity index is 544. The highest BCUT2D eigenvalue weighted by molar-refractivity contribution is 14.0. The molecule has 3 aliphatic rings. The molecule has 2 saturated carbocycles. The molecule has 156 valence electrons. The molecule has 3 fully saturated rings. The first-order valence-electron chi connectivity index (χ1n) is 9.91. The van der Waals surface area contributed by atoms with E-state index in [0.29, 0.717) is 36.6 Å². The van der Waals surface area contributed by atoms with Crippen molar-refractivity contribution in [2.75, 3.05) is 26.7 Å². The molecule has 3 rings (SSSR count). The van der Waals surface area contributed by atoms with Gasteiger partial charge in [0, 0.05) is 44.1 Å². The number of fused-ring (bicyclic) bond motifs is 2. The van der Waals surface area contributed by atoms with Crippen LogP contribution in [-0.2, 0) is 9.47 Å². The van der Waals surface area contributed by atoms with Gasteiger partial charge in [0.2, 0.25) is 0 Å². The molecule has 1 saturated heterocycles. The Morgan fingerprint density at radius 3 is 2.52 bits per heavy atom. The van der Waals surface area contributed by atoms with Crippen LogP contribution in [0.25, 0.3) is 0 Å². The third-order valence-corrected chi connectivity index (χ3v) is 5.89. The number of carbonyl (C=O) groups is 1. The fraction of sp³-hybridized carbons (Fsp3) is 0.895. The predicted molar refractivity (Wildman–Crippen MR) is 117 cm³/mol. The molecule has 0 aromatic heterocycles. The van der Waals surface area contributed by atoms with Gasteiger partial charge in [-0.25, -0.2) is 4.79 Å². The van der Waals surface area contributed by atoms with E-state index in [1.54, 1.807) is 7.05 Å². The van der Waals surface area contributed by atoms with Crippen LogP contribution in [0.4, 0.5) is 4.79 Å². The second kappa shape index (κ2) is 9.15. The molecular formula is C19H35IN4O3. The van der Waals surface area contributed by atoms with Gasteiger partial charge in [-0.15, -0.1) is 24.0 Å². The van der Waals surface area contributed by atoms with E-state index in [4.69, 9.17) is 9.47 Å². The van der Waals surface area contributed by atoms with Crippen LogP contribution in [0, 0.1) is 11.3 Å². The smallest absolute Gasteiger partial charge is 0.407 e. The van der Waals surface area contributed by atoms with Gasteiger partial charge in [-0.05, 0) is 40.0 Å². The molecule has 2 aliphatic carbocycles. The van der Waals surface area contributed by atoms with Gasteiger partial charge in [0.1, 0.15) is 5.60 Å². The summed E-state index contributed by atoms with van der Waals surface area (Å²) in [7, 11) is 1.79. The lowest BCUT2D eigenvalue weighted by Crippen LogP contribution is -2.69. The molecule has 8 heteroatoms. The molecule has 1 heterocycles. The molecule has 3 N–H and O–H groups in total. The minimum absolute atomic E-state index is 0. The van der Waals surface area contributed by atoms with Gasteiger partial charge in [0.15, 0.2) is 5.96 Å². The highest BCUT2D eigenvalue weighted by atomic mass is 127. The van der Waals surface area contributed by atoms with Crippen molar-refractivity contribution < 1.29 is 14.3 Å². The van der Waals surface area contributed by atoms with Gasteiger partial charge in [-0.1, -0.05) is 12.8 Å². The predicted octanol–water partition coefficient (Wildman–Crippen LogP) is 2.64. The molecule has 27 heavy (non-hydrogen) atoms. The van der Waals surface area contributed by atoms with Crippen molar-refractivity contribution in [2.45, 2.75) is 70.6 Å². The van der Waals surface area contributed by atoms with Gasteiger partial charge >= 0.3 is 6.09 Å². The number of halogens is 1. The molecule has 1 spiro atoms. The Kier molecular flexibility index (Phi) is 7.63. The van der Waals surface area contributed by atoms with E-state index in [1.165, 1.54) is 25.7 Å². The standard InChI is InChI=1S/C19H34N4O3.HI/c1-18(2,3)26-17(24)22-11-10-21-16(20-4)23-14-13-7-12-25-15(13)19(14)8-5-6-9-19;/h13-15H,5-12H2,1-4H3,(H,22,24)(H2,20,21,23);1H. The highest BCUT2D eigenvalue weighted by Gasteiger charge is 2.65. The average Bonchev–Trinajstić information content (AvgIpc) is 3.21. The SMILES string of the molecule is CN=C(NCCNC(=O)OC(C)(C)C)NC1C2CCOC2C12CCCC2.I. The molecule has 1 aliphatic heterocycles.